The lowest BCUT2D eigenvalue weighted by atomic mass is 10.00. The lowest BCUT2D eigenvalue weighted by molar-refractivity contribution is -0.120. The summed E-state index contributed by atoms with van der Waals surface area (Å²) in [5, 5.41) is 5.21. The van der Waals surface area contributed by atoms with Crippen LogP contribution in [0.2, 0.25) is 0 Å². The van der Waals surface area contributed by atoms with Crippen LogP contribution in [0.4, 0.5) is 10.8 Å². The molecule has 3 aromatic carbocycles. The van der Waals surface area contributed by atoms with Crippen LogP contribution >= 0.6 is 11.3 Å². The quantitative estimate of drug-likeness (QED) is 0.390. The first-order valence-corrected chi connectivity index (χ1v) is 13.7. The fraction of sp³-hybridized carbons (Fsp3) is 0.233. The minimum atomic E-state index is -0.758. The molecular weight excluding hydrogens is 494 g/mol. The highest BCUT2D eigenvalue weighted by Crippen LogP contribution is 2.35. The fourth-order valence-corrected chi connectivity index (χ4v) is 5.76. The van der Waals surface area contributed by atoms with Crippen molar-refractivity contribution in [3.63, 3.8) is 0 Å². The molecule has 38 heavy (non-hydrogen) atoms. The summed E-state index contributed by atoms with van der Waals surface area (Å²) in [5.41, 5.74) is 5.75. The lowest BCUT2D eigenvalue weighted by Crippen LogP contribution is -2.44. The molecule has 7 nitrogen and oxygen atoms in total. The van der Waals surface area contributed by atoms with Gasteiger partial charge >= 0.3 is 0 Å². The van der Waals surface area contributed by atoms with Crippen molar-refractivity contribution >= 4 is 34.0 Å². The van der Waals surface area contributed by atoms with E-state index in [0.717, 1.165) is 48.4 Å². The van der Waals surface area contributed by atoms with Crippen LogP contribution in [-0.2, 0) is 11.3 Å². The van der Waals surface area contributed by atoms with Gasteiger partial charge in [-0.1, -0.05) is 48.5 Å². The molecule has 3 heterocycles. The van der Waals surface area contributed by atoms with E-state index >= 15 is 0 Å². The van der Waals surface area contributed by atoms with Gasteiger partial charge in [-0.15, -0.1) is 11.3 Å². The Kier molecular flexibility index (Phi) is 6.66. The third kappa shape index (κ3) is 4.80. The maximum Gasteiger partial charge on any atom is 0.255 e. The third-order valence-corrected chi connectivity index (χ3v) is 8.03. The number of piperazine rings is 1. The molecule has 2 aliphatic heterocycles. The number of amides is 2. The van der Waals surface area contributed by atoms with Gasteiger partial charge < -0.3 is 14.7 Å². The Hall–Kier alpha value is -4.01. The molecule has 1 atom stereocenters. The molecule has 0 saturated carbocycles. The number of benzene rings is 3. The van der Waals surface area contributed by atoms with Crippen LogP contribution < -0.4 is 10.2 Å². The molecule has 192 valence electrons. The number of anilines is 2. The molecule has 6 rings (SSSR count). The average molecular weight is 524 g/mol. The number of carbonyl (C=O) groups is 2. The zero-order chi connectivity index (χ0) is 26.1. The summed E-state index contributed by atoms with van der Waals surface area (Å²) in [4.78, 5) is 37.6. The molecule has 1 unspecified atom stereocenters. The van der Waals surface area contributed by atoms with Crippen LogP contribution in [0.1, 0.15) is 27.5 Å². The molecule has 8 heteroatoms. The predicted octanol–water partition coefficient (Wildman–Crippen LogP) is 4.90. The highest BCUT2D eigenvalue weighted by Gasteiger charge is 2.37. The Morgan fingerprint density at radius 1 is 0.947 bits per heavy atom. The van der Waals surface area contributed by atoms with Gasteiger partial charge in [0.15, 0.2) is 5.13 Å². The maximum atomic E-state index is 13.5. The van der Waals surface area contributed by atoms with Crippen molar-refractivity contribution in [2.24, 2.45) is 0 Å². The van der Waals surface area contributed by atoms with E-state index in [1.165, 1.54) is 17.0 Å². The van der Waals surface area contributed by atoms with Gasteiger partial charge in [-0.2, -0.15) is 0 Å². The molecular formula is C30H29N5O2S. The summed E-state index contributed by atoms with van der Waals surface area (Å²) in [5.74, 6) is -0.410. The molecule has 4 aromatic rings. The second-order valence-electron chi connectivity index (χ2n) is 9.78. The monoisotopic (exact) mass is 523 g/mol. The summed E-state index contributed by atoms with van der Waals surface area (Å²) in [7, 11) is 2.16. The Bertz CT molecular complexity index is 1430. The number of nitrogens with one attached hydrogen (secondary N) is 1. The predicted molar refractivity (Wildman–Crippen MR) is 151 cm³/mol. The molecule has 0 spiro atoms. The summed E-state index contributed by atoms with van der Waals surface area (Å²) >= 11 is 1.35. The molecule has 0 bridgehead atoms. The molecule has 1 fully saturated rings. The van der Waals surface area contributed by atoms with E-state index in [-0.39, 0.29) is 11.8 Å². The summed E-state index contributed by atoms with van der Waals surface area (Å²) in [6, 6.07) is 23.3. The number of likely N-dealkylation sites (N-methyl/N-ethyl adjacent to an activating group) is 1. The third-order valence-electron chi connectivity index (χ3n) is 7.34. The van der Waals surface area contributed by atoms with Crippen LogP contribution in [0.25, 0.3) is 11.1 Å². The van der Waals surface area contributed by atoms with Gasteiger partial charge in [0.2, 0.25) is 0 Å². The standard InChI is InChI=1S/C30H29N5O2S/c1-33-14-16-34(17-15-33)25-10-7-21(8-11-25)23-9-12-26-24(19-23)20-35(29(26)37)27(22-5-3-2-4-6-22)28(36)32-30-31-13-18-38-30/h2-13,18-19,27H,14-17,20H2,1H3,(H,31,32,36). The van der Waals surface area contributed by atoms with E-state index in [4.69, 9.17) is 0 Å². The van der Waals surface area contributed by atoms with Crippen molar-refractivity contribution in [1.82, 2.24) is 14.8 Å². The van der Waals surface area contributed by atoms with Crippen molar-refractivity contribution in [1.29, 1.82) is 0 Å². The number of aromatic nitrogens is 1. The first-order valence-electron chi connectivity index (χ1n) is 12.8. The van der Waals surface area contributed by atoms with E-state index in [9.17, 15) is 9.59 Å². The summed E-state index contributed by atoms with van der Waals surface area (Å²) < 4.78 is 0. The van der Waals surface area contributed by atoms with Gasteiger partial charge in [0.25, 0.3) is 11.8 Å². The highest BCUT2D eigenvalue weighted by molar-refractivity contribution is 7.13. The normalized spacial score (nSPS) is 16.4. The zero-order valence-corrected chi connectivity index (χ0v) is 22.0. The van der Waals surface area contributed by atoms with E-state index in [1.54, 1.807) is 11.1 Å². The number of rotatable bonds is 6. The highest BCUT2D eigenvalue weighted by atomic mass is 32.1. The largest absolute Gasteiger partial charge is 0.369 e. The van der Waals surface area contributed by atoms with Crippen molar-refractivity contribution in [3.05, 3.63) is 101 Å². The van der Waals surface area contributed by atoms with Crippen LogP contribution in [-0.4, -0.2) is 59.8 Å². The SMILES string of the molecule is CN1CCN(c2ccc(-c3ccc4c(c3)CN(C(C(=O)Nc3nccs3)c3ccccc3)C4=O)cc2)CC1. The molecule has 1 N–H and O–H groups in total. The zero-order valence-electron chi connectivity index (χ0n) is 21.2. The Balaban J connectivity index is 1.24. The molecule has 1 aromatic heterocycles. The number of hydrogen-bond donors (Lipinski definition) is 1. The minimum Gasteiger partial charge on any atom is -0.369 e. The molecule has 0 radical (unpaired) electrons. The first kappa shape index (κ1) is 24.3. The van der Waals surface area contributed by atoms with Crippen LogP contribution in [0.3, 0.4) is 0 Å². The van der Waals surface area contributed by atoms with E-state index < -0.39 is 6.04 Å². The molecule has 1 saturated heterocycles. The Morgan fingerprint density at radius 3 is 2.39 bits per heavy atom. The number of nitrogens with zero attached hydrogens (tertiary/aromatic N) is 4. The van der Waals surface area contributed by atoms with E-state index in [1.807, 2.05) is 47.8 Å². The second-order valence-corrected chi connectivity index (χ2v) is 10.7. The number of hydrogen-bond acceptors (Lipinski definition) is 6. The average Bonchev–Trinajstić information content (AvgIpc) is 3.57. The van der Waals surface area contributed by atoms with Gasteiger partial charge in [-0.05, 0) is 53.6 Å². The molecule has 0 aliphatic carbocycles. The van der Waals surface area contributed by atoms with Gasteiger partial charge in [-0.3, -0.25) is 14.9 Å². The van der Waals surface area contributed by atoms with E-state index in [2.05, 4.69) is 57.5 Å². The van der Waals surface area contributed by atoms with Crippen molar-refractivity contribution in [3.8, 4) is 11.1 Å². The van der Waals surface area contributed by atoms with Crippen molar-refractivity contribution in [2.45, 2.75) is 12.6 Å². The van der Waals surface area contributed by atoms with Gasteiger partial charge in [0, 0.05) is 55.6 Å². The van der Waals surface area contributed by atoms with Gasteiger partial charge in [0.05, 0.1) is 0 Å². The van der Waals surface area contributed by atoms with Crippen LogP contribution in [0, 0.1) is 0 Å². The van der Waals surface area contributed by atoms with Crippen LogP contribution in [0.5, 0.6) is 0 Å². The number of fused-ring (bicyclic) bond motifs is 1. The topological polar surface area (TPSA) is 68.8 Å². The summed E-state index contributed by atoms with van der Waals surface area (Å²) in [6.45, 7) is 4.58. The summed E-state index contributed by atoms with van der Waals surface area (Å²) in [6.07, 6.45) is 1.65. The van der Waals surface area contributed by atoms with Gasteiger partial charge in [0.1, 0.15) is 6.04 Å². The second kappa shape index (κ2) is 10.4. The van der Waals surface area contributed by atoms with Crippen LogP contribution in [0.15, 0.2) is 84.4 Å². The Labute approximate surface area is 226 Å². The fourth-order valence-electron chi connectivity index (χ4n) is 5.23. The van der Waals surface area contributed by atoms with E-state index in [0.29, 0.717) is 17.2 Å². The van der Waals surface area contributed by atoms with Gasteiger partial charge in [-0.25, -0.2) is 4.98 Å². The lowest BCUT2D eigenvalue weighted by Gasteiger charge is -2.34. The molecule has 2 amide bonds. The first-order chi connectivity index (χ1) is 18.6. The minimum absolute atomic E-state index is 0.139. The number of thiazole rings is 1. The van der Waals surface area contributed by atoms with Crippen molar-refractivity contribution < 1.29 is 9.59 Å². The Morgan fingerprint density at radius 2 is 1.68 bits per heavy atom. The number of carbonyl (C=O) groups excluding carboxylic acids is 2. The molecule has 2 aliphatic rings. The maximum absolute atomic E-state index is 13.5. The van der Waals surface area contributed by atoms with Crippen molar-refractivity contribution in [2.75, 3.05) is 43.4 Å². The smallest absolute Gasteiger partial charge is 0.255 e.